The predicted molar refractivity (Wildman–Crippen MR) is 147 cm³/mol. The molecule has 0 radical (unpaired) electrons. The second kappa shape index (κ2) is 17.9. The Morgan fingerprint density at radius 1 is 0.800 bits per heavy atom. The van der Waals surface area contributed by atoms with Gasteiger partial charge in [-0.1, -0.05) is 103 Å². The van der Waals surface area contributed by atoms with Crippen LogP contribution in [0.3, 0.4) is 0 Å². The van der Waals surface area contributed by atoms with Crippen LogP contribution in [0.15, 0.2) is 48.5 Å². The van der Waals surface area contributed by atoms with Crippen molar-refractivity contribution in [1.29, 1.82) is 0 Å². The number of unbranched alkanes of at least 4 members (excludes halogenated alkanes) is 12. The summed E-state index contributed by atoms with van der Waals surface area (Å²) in [4.78, 5) is 12.6. The topological polar surface area (TPSA) is 58.6 Å². The third-order valence-electron chi connectivity index (χ3n) is 6.54. The van der Waals surface area contributed by atoms with Crippen LogP contribution in [-0.2, 0) is 11.2 Å². The van der Waals surface area contributed by atoms with Crippen molar-refractivity contribution in [3.05, 3.63) is 54.1 Å². The summed E-state index contributed by atoms with van der Waals surface area (Å²) in [6, 6.07) is 14.6. The molecule has 0 heterocycles. The molecule has 1 atom stereocenters. The Labute approximate surface area is 213 Å². The molecule has 2 aromatic carbocycles. The standard InChI is InChI=1S/C31H47NO3/c1-3-5-6-7-8-9-10-11-12-13-14-15-16-18-26-19-17-20-29(25-26)35-30(4-2)31(34)32-27-21-23-28(33)24-22-27/h17,19-25,30,33H,3-16,18H2,1-2H3,(H,32,34). The lowest BCUT2D eigenvalue weighted by Gasteiger charge is -2.18. The Morgan fingerprint density at radius 3 is 1.94 bits per heavy atom. The zero-order valence-electron chi connectivity index (χ0n) is 22.1. The first-order valence-corrected chi connectivity index (χ1v) is 14.0. The molecule has 0 spiro atoms. The van der Waals surface area contributed by atoms with Crippen LogP contribution in [0.25, 0.3) is 0 Å². The highest BCUT2D eigenvalue weighted by molar-refractivity contribution is 5.94. The van der Waals surface area contributed by atoms with E-state index in [4.69, 9.17) is 4.74 Å². The summed E-state index contributed by atoms with van der Waals surface area (Å²) in [5.41, 5.74) is 1.91. The highest BCUT2D eigenvalue weighted by atomic mass is 16.5. The normalized spacial score (nSPS) is 11.8. The molecular formula is C31H47NO3. The highest BCUT2D eigenvalue weighted by Crippen LogP contribution is 2.20. The second-order valence-corrected chi connectivity index (χ2v) is 9.69. The van der Waals surface area contributed by atoms with Gasteiger partial charge in [-0.05, 0) is 61.2 Å². The summed E-state index contributed by atoms with van der Waals surface area (Å²) in [5, 5.41) is 12.3. The van der Waals surface area contributed by atoms with Crippen LogP contribution in [0.4, 0.5) is 5.69 Å². The number of ether oxygens (including phenoxy) is 1. The van der Waals surface area contributed by atoms with Gasteiger partial charge in [0.1, 0.15) is 11.5 Å². The fourth-order valence-corrected chi connectivity index (χ4v) is 4.38. The summed E-state index contributed by atoms with van der Waals surface area (Å²) in [7, 11) is 0. The van der Waals surface area contributed by atoms with Gasteiger partial charge in [0.25, 0.3) is 5.91 Å². The molecule has 4 heteroatoms. The van der Waals surface area contributed by atoms with E-state index < -0.39 is 6.10 Å². The minimum atomic E-state index is -0.560. The van der Waals surface area contributed by atoms with Crippen LogP contribution in [0, 0.1) is 0 Å². The molecule has 0 bridgehead atoms. The number of carbonyl (C=O) groups excluding carboxylic acids is 1. The molecule has 0 aliphatic carbocycles. The molecule has 194 valence electrons. The van der Waals surface area contributed by atoms with Gasteiger partial charge in [-0.3, -0.25) is 4.79 Å². The number of anilines is 1. The van der Waals surface area contributed by atoms with Gasteiger partial charge in [0.15, 0.2) is 6.10 Å². The van der Waals surface area contributed by atoms with Crippen molar-refractivity contribution in [3.8, 4) is 11.5 Å². The molecule has 0 saturated carbocycles. The number of rotatable bonds is 19. The molecule has 0 fully saturated rings. The van der Waals surface area contributed by atoms with E-state index in [1.165, 1.54) is 89.0 Å². The number of carbonyl (C=O) groups is 1. The van der Waals surface area contributed by atoms with E-state index in [0.717, 1.165) is 12.2 Å². The fourth-order valence-electron chi connectivity index (χ4n) is 4.38. The predicted octanol–water partition coefficient (Wildman–Crippen LogP) is 8.82. The summed E-state index contributed by atoms with van der Waals surface area (Å²) in [5.74, 6) is 0.733. The van der Waals surface area contributed by atoms with E-state index in [1.807, 2.05) is 19.1 Å². The summed E-state index contributed by atoms with van der Waals surface area (Å²) < 4.78 is 6.02. The van der Waals surface area contributed by atoms with Gasteiger partial charge in [0.05, 0.1) is 0 Å². The average Bonchev–Trinajstić information content (AvgIpc) is 2.87. The number of phenols is 1. The van der Waals surface area contributed by atoms with Crippen molar-refractivity contribution in [2.24, 2.45) is 0 Å². The Hall–Kier alpha value is -2.49. The summed E-state index contributed by atoms with van der Waals surface area (Å²) in [6.07, 6.45) is 18.8. The number of hydrogen-bond acceptors (Lipinski definition) is 3. The Morgan fingerprint density at radius 2 is 1.37 bits per heavy atom. The second-order valence-electron chi connectivity index (χ2n) is 9.69. The molecule has 2 rings (SSSR count). The first-order chi connectivity index (χ1) is 17.1. The largest absolute Gasteiger partial charge is 0.508 e. The Kier molecular flexibility index (Phi) is 14.7. The molecule has 0 aromatic heterocycles. The molecule has 2 N–H and O–H groups in total. The van der Waals surface area contributed by atoms with Gasteiger partial charge in [0.2, 0.25) is 0 Å². The summed E-state index contributed by atoms with van der Waals surface area (Å²) >= 11 is 0. The molecule has 2 aromatic rings. The number of aryl methyl sites for hydroxylation is 1. The van der Waals surface area contributed by atoms with Gasteiger partial charge in [-0.25, -0.2) is 0 Å². The maximum atomic E-state index is 12.6. The molecule has 35 heavy (non-hydrogen) atoms. The SMILES string of the molecule is CCCCCCCCCCCCCCCc1cccc(OC(CC)C(=O)Nc2ccc(O)cc2)c1. The van der Waals surface area contributed by atoms with Gasteiger partial charge >= 0.3 is 0 Å². The van der Waals surface area contributed by atoms with Crippen LogP contribution in [-0.4, -0.2) is 17.1 Å². The Bertz CT molecular complexity index is 818. The van der Waals surface area contributed by atoms with E-state index >= 15 is 0 Å². The maximum absolute atomic E-state index is 12.6. The number of hydrogen-bond donors (Lipinski definition) is 2. The van der Waals surface area contributed by atoms with Gasteiger partial charge in [-0.2, -0.15) is 0 Å². The quantitative estimate of drug-likeness (QED) is 0.156. The third-order valence-corrected chi connectivity index (χ3v) is 6.54. The molecule has 0 aliphatic heterocycles. The van der Waals surface area contributed by atoms with Crippen LogP contribution < -0.4 is 10.1 Å². The first kappa shape index (κ1) is 28.7. The van der Waals surface area contributed by atoms with Gasteiger partial charge < -0.3 is 15.2 Å². The Balaban J connectivity index is 1.60. The lowest BCUT2D eigenvalue weighted by atomic mass is 10.0. The van der Waals surface area contributed by atoms with Crippen molar-refractivity contribution in [2.75, 3.05) is 5.32 Å². The van der Waals surface area contributed by atoms with Crippen molar-refractivity contribution >= 4 is 11.6 Å². The minimum absolute atomic E-state index is 0.173. The summed E-state index contributed by atoms with van der Waals surface area (Å²) in [6.45, 7) is 4.22. The molecule has 1 amide bonds. The monoisotopic (exact) mass is 481 g/mol. The van der Waals surface area contributed by atoms with E-state index in [1.54, 1.807) is 24.3 Å². The molecule has 1 unspecified atom stereocenters. The van der Waals surface area contributed by atoms with Crippen LogP contribution in [0.5, 0.6) is 11.5 Å². The smallest absolute Gasteiger partial charge is 0.265 e. The van der Waals surface area contributed by atoms with Crippen molar-refractivity contribution < 1.29 is 14.6 Å². The first-order valence-electron chi connectivity index (χ1n) is 14.0. The zero-order chi connectivity index (χ0) is 25.1. The van der Waals surface area contributed by atoms with E-state index in [9.17, 15) is 9.90 Å². The molecule has 0 saturated heterocycles. The number of nitrogens with one attached hydrogen (secondary N) is 1. The van der Waals surface area contributed by atoms with Gasteiger partial charge in [-0.15, -0.1) is 0 Å². The van der Waals surface area contributed by atoms with Crippen LogP contribution >= 0.6 is 0 Å². The molecule has 4 nitrogen and oxygen atoms in total. The van der Waals surface area contributed by atoms with E-state index in [2.05, 4.69) is 24.4 Å². The fraction of sp³-hybridized carbons (Fsp3) is 0.581. The van der Waals surface area contributed by atoms with Crippen molar-refractivity contribution in [1.82, 2.24) is 0 Å². The number of amides is 1. The molecule has 0 aliphatic rings. The molecular weight excluding hydrogens is 434 g/mol. The number of aromatic hydroxyl groups is 1. The highest BCUT2D eigenvalue weighted by Gasteiger charge is 2.18. The van der Waals surface area contributed by atoms with Crippen LogP contribution in [0.2, 0.25) is 0 Å². The van der Waals surface area contributed by atoms with E-state index in [0.29, 0.717) is 12.1 Å². The van der Waals surface area contributed by atoms with Gasteiger partial charge in [0, 0.05) is 5.69 Å². The zero-order valence-corrected chi connectivity index (χ0v) is 22.1. The third kappa shape index (κ3) is 12.7. The lowest BCUT2D eigenvalue weighted by molar-refractivity contribution is -0.122. The lowest BCUT2D eigenvalue weighted by Crippen LogP contribution is -2.32. The number of benzene rings is 2. The minimum Gasteiger partial charge on any atom is -0.508 e. The average molecular weight is 482 g/mol. The maximum Gasteiger partial charge on any atom is 0.265 e. The van der Waals surface area contributed by atoms with E-state index in [-0.39, 0.29) is 11.7 Å². The number of phenolic OH excluding ortho intramolecular Hbond substituents is 1. The van der Waals surface area contributed by atoms with Crippen molar-refractivity contribution in [3.63, 3.8) is 0 Å². The van der Waals surface area contributed by atoms with Crippen molar-refractivity contribution in [2.45, 2.75) is 116 Å². The van der Waals surface area contributed by atoms with Crippen LogP contribution in [0.1, 0.15) is 109 Å².